The molecule has 7 heteroatoms. The first-order valence-electron chi connectivity index (χ1n) is 18.7. The van der Waals surface area contributed by atoms with Crippen molar-refractivity contribution in [1.82, 2.24) is 5.32 Å². The number of ether oxygens (including phenoxy) is 2. The Bertz CT molecular complexity index is 1330. The molecule has 0 bridgehead atoms. The number of aromatic hydroxyl groups is 1. The molecule has 3 aromatic carbocycles. The molecule has 1 fully saturated rings. The fourth-order valence-electron chi connectivity index (χ4n) is 6.42. The number of hydrogen-bond donors (Lipinski definition) is 3. The van der Waals surface area contributed by atoms with E-state index in [1.165, 1.54) is 70.6 Å². The molecule has 0 radical (unpaired) electrons. The molecule has 0 spiro atoms. The number of aliphatic hydroxyl groups is 1. The number of nitrogens with one attached hydrogen (secondary N) is 1. The van der Waals surface area contributed by atoms with Gasteiger partial charge >= 0.3 is 0 Å². The Labute approximate surface area is 299 Å². The zero-order valence-corrected chi connectivity index (χ0v) is 30.6. The van der Waals surface area contributed by atoms with Crippen molar-refractivity contribution in [3.8, 4) is 5.75 Å². The van der Waals surface area contributed by atoms with E-state index in [4.69, 9.17) is 9.47 Å². The van der Waals surface area contributed by atoms with Gasteiger partial charge in [0.1, 0.15) is 5.75 Å². The maximum atomic E-state index is 12.5. The highest BCUT2D eigenvalue weighted by atomic mass is 32.2. The lowest BCUT2D eigenvalue weighted by Crippen LogP contribution is -2.38. The lowest BCUT2D eigenvalue weighted by Gasteiger charge is -2.41. The van der Waals surface area contributed by atoms with Crippen molar-refractivity contribution in [2.75, 3.05) is 5.75 Å². The minimum absolute atomic E-state index is 0.00519. The summed E-state index contributed by atoms with van der Waals surface area (Å²) in [7, 11) is 0. The van der Waals surface area contributed by atoms with Crippen LogP contribution in [0.5, 0.6) is 5.75 Å². The van der Waals surface area contributed by atoms with Gasteiger partial charge in [-0.25, -0.2) is 0 Å². The molecule has 1 saturated heterocycles. The standard InChI is InChI=1S/C42H59NO5S/c1-3-4-5-6-7-8-9-10-11-12-13-14-15-16-40(46)43-29-33-17-23-36(24-18-33)42-47-39(31-49-38-27-25-37(45)26-28-38)32(2)41(48-42)35-21-19-34(30-44)20-22-35/h17-28,32,39,41-42,44-45H,3-16,29-31H2,1-2H3,(H,43,46)/t32-,39+,41+,42?/m0/s1. The fraction of sp³-hybridized carbons (Fsp3) is 0.548. The zero-order valence-electron chi connectivity index (χ0n) is 29.8. The van der Waals surface area contributed by atoms with Gasteiger partial charge in [-0.1, -0.05) is 139 Å². The van der Waals surface area contributed by atoms with E-state index in [1.807, 2.05) is 60.7 Å². The second-order valence-electron chi connectivity index (χ2n) is 13.6. The predicted octanol–water partition coefficient (Wildman–Crippen LogP) is 10.6. The van der Waals surface area contributed by atoms with Crippen molar-refractivity contribution in [3.63, 3.8) is 0 Å². The van der Waals surface area contributed by atoms with Gasteiger partial charge in [-0.15, -0.1) is 11.8 Å². The third-order valence-corrected chi connectivity index (χ3v) is 10.7. The molecule has 1 unspecified atom stereocenters. The van der Waals surface area contributed by atoms with Gasteiger partial charge in [0.05, 0.1) is 18.8 Å². The molecule has 0 aliphatic carbocycles. The van der Waals surface area contributed by atoms with E-state index in [9.17, 15) is 15.0 Å². The Morgan fingerprint density at radius 1 is 0.714 bits per heavy atom. The molecule has 1 aliphatic heterocycles. The van der Waals surface area contributed by atoms with Gasteiger partial charge in [0.2, 0.25) is 5.91 Å². The molecular formula is C42H59NO5S. The fourth-order valence-corrected chi connectivity index (χ4v) is 7.48. The number of rotatable bonds is 22. The van der Waals surface area contributed by atoms with Crippen molar-refractivity contribution in [1.29, 1.82) is 0 Å². The molecule has 0 saturated carbocycles. The maximum Gasteiger partial charge on any atom is 0.220 e. The lowest BCUT2D eigenvalue weighted by atomic mass is 9.91. The second kappa shape index (κ2) is 22.1. The largest absolute Gasteiger partial charge is 0.508 e. The monoisotopic (exact) mass is 689 g/mol. The number of carbonyl (C=O) groups excluding carboxylic acids is 1. The summed E-state index contributed by atoms with van der Waals surface area (Å²) in [4.78, 5) is 13.6. The van der Waals surface area contributed by atoms with E-state index in [0.717, 1.165) is 45.7 Å². The van der Waals surface area contributed by atoms with Crippen molar-refractivity contribution in [2.45, 2.75) is 140 Å². The van der Waals surface area contributed by atoms with E-state index in [2.05, 4.69) is 19.2 Å². The van der Waals surface area contributed by atoms with Crippen LogP contribution in [-0.2, 0) is 27.4 Å². The Morgan fingerprint density at radius 3 is 1.86 bits per heavy atom. The summed E-state index contributed by atoms with van der Waals surface area (Å²) in [5.74, 6) is 1.19. The molecule has 1 heterocycles. The molecular weight excluding hydrogens is 631 g/mol. The van der Waals surface area contributed by atoms with Crippen molar-refractivity contribution >= 4 is 17.7 Å². The van der Waals surface area contributed by atoms with E-state index >= 15 is 0 Å². The van der Waals surface area contributed by atoms with Gasteiger partial charge in [-0.3, -0.25) is 4.79 Å². The molecule has 268 valence electrons. The summed E-state index contributed by atoms with van der Waals surface area (Å²) in [6, 6.07) is 23.3. The van der Waals surface area contributed by atoms with Gasteiger partial charge in [0.15, 0.2) is 6.29 Å². The number of amides is 1. The van der Waals surface area contributed by atoms with Crippen molar-refractivity contribution in [3.05, 3.63) is 95.1 Å². The van der Waals surface area contributed by atoms with Crippen LogP contribution in [0.15, 0.2) is 77.7 Å². The number of hydrogen-bond acceptors (Lipinski definition) is 6. The summed E-state index contributed by atoms with van der Waals surface area (Å²) in [6.45, 7) is 4.94. The highest BCUT2D eigenvalue weighted by Crippen LogP contribution is 2.43. The van der Waals surface area contributed by atoms with Crippen LogP contribution < -0.4 is 5.32 Å². The molecule has 6 nitrogen and oxygen atoms in total. The number of thioether (sulfide) groups is 1. The lowest BCUT2D eigenvalue weighted by molar-refractivity contribution is -0.268. The third-order valence-electron chi connectivity index (χ3n) is 9.62. The molecule has 3 aromatic rings. The van der Waals surface area contributed by atoms with Gasteiger partial charge < -0.3 is 25.0 Å². The third kappa shape index (κ3) is 13.8. The summed E-state index contributed by atoms with van der Waals surface area (Å²) < 4.78 is 13.2. The smallest absolute Gasteiger partial charge is 0.220 e. The van der Waals surface area contributed by atoms with Crippen molar-refractivity contribution < 1.29 is 24.5 Å². The van der Waals surface area contributed by atoms with Crippen LogP contribution in [0, 0.1) is 5.92 Å². The van der Waals surface area contributed by atoms with Gasteiger partial charge in [0.25, 0.3) is 0 Å². The number of phenols is 1. The number of unbranched alkanes of at least 4 members (excludes halogenated alkanes) is 12. The number of phenolic OH excluding ortho intramolecular Hbond substituents is 1. The summed E-state index contributed by atoms with van der Waals surface area (Å²) >= 11 is 1.70. The van der Waals surface area contributed by atoms with Crippen LogP contribution in [0.2, 0.25) is 0 Å². The molecule has 3 N–H and O–H groups in total. The van der Waals surface area contributed by atoms with E-state index in [1.54, 1.807) is 23.9 Å². The molecule has 4 rings (SSSR count). The van der Waals surface area contributed by atoms with Crippen LogP contribution in [0.4, 0.5) is 0 Å². The van der Waals surface area contributed by atoms with Gasteiger partial charge in [-0.05, 0) is 47.4 Å². The topological polar surface area (TPSA) is 88.0 Å². The highest BCUT2D eigenvalue weighted by molar-refractivity contribution is 7.99. The maximum absolute atomic E-state index is 12.5. The molecule has 1 aliphatic rings. The number of carbonyl (C=O) groups is 1. The molecule has 0 aromatic heterocycles. The summed E-state index contributed by atoms with van der Waals surface area (Å²) in [6.07, 6.45) is 16.7. The van der Waals surface area contributed by atoms with Gasteiger partial charge in [0, 0.05) is 35.1 Å². The first-order chi connectivity index (χ1) is 24.0. The van der Waals surface area contributed by atoms with Gasteiger partial charge in [-0.2, -0.15) is 0 Å². The Hall–Kier alpha value is -2.84. The molecule has 49 heavy (non-hydrogen) atoms. The van der Waals surface area contributed by atoms with Crippen LogP contribution in [0.1, 0.15) is 138 Å². The molecule has 4 atom stereocenters. The Morgan fingerprint density at radius 2 is 1.27 bits per heavy atom. The second-order valence-corrected chi connectivity index (χ2v) is 14.7. The van der Waals surface area contributed by atoms with E-state index in [-0.39, 0.29) is 36.4 Å². The quantitative estimate of drug-likeness (QED) is 0.0719. The van der Waals surface area contributed by atoms with E-state index in [0.29, 0.717) is 13.0 Å². The van der Waals surface area contributed by atoms with E-state index < -0.39 is 6.29 Å². The van der Waals surface area contributed by atoms with Crippen LogP contribution in [0.25, 0.3) is 0 Å². The minimum Gasteiger partial charge on any atom is -0.508 e. The van der Waals surface area contributed by atoms with Crippen LogP contribution in [0.3, 0.4) is 0 Å². The average molecular weight is 690 g/mol. The first kappa shape index (κ1) is 39.0. The first-order valence-corrected chi connectivity index (χ1v) is 19.7. The van der Waals surface area contributed by atoms with Crippen molar-refractivity contribution in [2.24, 2.45) is 5.92 Å². The predicted molar refractivity (Wildman–Crippen MR) is 200 cm³/mol. The zero-order chi connectivity index (χ0) is 34.7. The Balaban J connectivity index is 1.20. The SMILES string of the molecule is CCCCCCCCCCCCCCCC(=O)NCc1ccc(C2O[C@H](CSc3ccc(O)cc3)[C@H](C)[C@H](c3ccc(CO)cc3)O2)cc1. The molecule has 1 amide bonds. The highest BCUT2D eigenvalue weighted by Gasteiger charge is 2.38. The minimum atomic E-state index is -0.539. The summed E-state index contributed by atoms with van der Waals surface area (Å²) in [5.41, 5.74) is 3.90. The van der Waals surface area contributed by atoms with Crippen LogP contribution >= 0.6 is 11.8 Å². The normalized spacial score (nSPS) is 19.2. The number of aliphatic hydroxyl groups excluding tert-OH is 1. The van der Waals surface area contributed by atoms with Crippen LogP contribution in [-0.4, -0.2) is 28.0 Å². The Kier molecular flexibility index (Phi) is 17.6. The summed E-state index contributed by atoms with van der Waals surface area (Å²) in [5, 5.41) is 22.3. The number of benzene rings is 3. The average Bonchev–Trinajstić information content (AvgIpc) is 3.13.